The van der Waals surface area contributed by atoms with E-state index in [9.17, 15) is 4.79 Å². The summed E-state index contributed by atoms with van der Waals surface area (Å²) >= 11 is 0. The lowest BCUT2D eigenvalue weighted by Gasteiger charge is -2.19. The predicted octanol–water partition coefficient (Wildman–Crippen LogP) is 3.41. The van der Waals surface area contributed by atoms with E-state index in [0.29, 0.717) is 13.1 Å². The molecule has 0 atom stereocenters. The number of hydrogen-bond donors (Lipinski definition) is 1. The first kappa shape index (κ1) is 17.8. The summed E-state index contributed by atoms with van der Waals surface area (Å²) in [5.74, 6) is 0. The fraction of sp³-hybridized carbons (Fsp3) is 0.368. The van der Waals surface area contributed by atoms with Gasteiger partial charge in [-0.15, -0.1) is 0 Å². The molecule has 26 heavy (non-hydrogen) atoms. The van der Waals surface area contributed by atoms with Gasteiger partial charge in [0.1, 0.15) is 5.60 Å². The normalized spacial score (nSPS) is 11.5. The summed E-state index contributed by atoms with van der Waals surface area (Å²) in [6.07, 6.45) is 5.83. The van der Waals surface area contributed by atoms with Crippen LogP contribution in [0.15, 0.2) is 42.9 Å². The zero-order chi connectivity index (χ0) is 18.6. The number of nitrogens with zero attached hydrogens (tertiary/aromatic N) is 4. The van der Waals surface area contributed by atoms with Gasteiger partial charge in [0.2, 0.25) is 0 Å². The van der Waals surface area contributed by atoms with Gasteiger partial charge in [0, 0.05) is 24.8 Å². The molecule has 0 bridgehead atoms. The van der Waals surface area contributed by atoms with Gasteiger partial charge in [-0.25, -0.2) is 9.78 Å². The fourth-order valence-electron chi connectivity index (χ4n) is 2.46. The number of fused-ring (bicyclic) bond motifs is 1. The second-order valence-electron chi connectivity index (χ2n) is 7.02. The number of amides is 1. The van der Waals surface area contributed by atoms with Crippen LogP contribution in [0.3, 0.4) is 0 Å². The number of ether oxygens (including phenoxy) is 1. The van der Waals surface area contributed by atoms with Crippen molar-refractivity contribution in [3.63, 3.8) is 0 Å². The molecule has 3 rings (SSSR count). The maximum atomic E-state index is 11.6. The Morgan fingerprint density at radius 3 is 2.73 bits per heavy atom. The average molecular weight is 353 g/mol. The van der Waals surface area contributed by atoms with Gasteiger partial charge >= 0.3 is 6.09 Å². The quantitative estimate of drug-likeness (QED) is 0.711. The third-order valence-corrected chi connectivity index (χ3v) is 3.61. The Morgan fingerprint density at radius 1 is 1.19 bits per heavy atom. The van der Waals surface area contributed by atoms with E-state index in [4.69, 9.17) is 4.74 Å². The van der Waals surface area contributed by atoms with Gasteiger partial charge in [0.15, 0.2) is 0 Å². The van der Waals surface area contributed by atoms with Gasteiger partial charge in [0.05, 0.1) is 29.1 Å². The highest BCUT2D eigenvalue weighted by Gasteiger charge is 2.15. The Labute approximate surface area is 152 Å². The highest BCUT2D eigenvalue weighted by Crippen LogP contribution is 2.18. The maximum Gasteiger partial charge on any atom is 0.407 e. The van der Waals surface area contributed by atoms with Crippen molar-refractivity contribution in [1.82, 2.24) is 25.1 Å². The van der Waals surface area contributed by atoms with E-state index < -0.39 is 11.7 Å². The van der Waals surface area contributed by atoms with Gasteiger partial charge in [-0.3, -0.25) is 9.67 Å². The molecule has 0 spiro atoms. The molecular weight excluding hydrogens is 330 g/mol. The van der Waals surface area contributed by atoms with Crippen molar-refractivity contribution in [1.29, 1.82) is 0 Å². The number of carbonyl (C=O) groups is 1. The number of aryl methyl sites for hydroxylation is 1. The number of benzene rings is 1. The molecule has 7 nitrogen and oxygen atoms in total. The highest BCUT2D eigenvalue weighted by molar-refractivity contribution is 5.76. The Kier molecular flexibility index (Phi) is 5.16. The summed E-state index contributed by atoms with van der Waals surface area (Å²) < 4.78 is 7.04. The Morgan fingerprint density at radius 2 is 1.96 bits per heavy atom. The summed E-state index contributed by atoms with van der Waals surface area (Å²) in [6.45, 7) is 6.74. The number of para-hydroxylation sites is 2. The number of aromatic nitrogens is 4. The minimum absolute atomic E-state index is 0.398. The molecule has 0 saturated carbocycles. The first-order valence-electron chi connectivity index (χ1n) is 8.62. The van der Waals surface area contributed by atoms with Gasteiger partial charge in [-0.05, 0) is 39.3 Å². The molecule has 3 aromatic rings. The van der Waals surface area contributed by atoms with Crippen LogP contribution < -0.4 is 5.32 Å². The third-order valence-electron chi connectivity index (χ3n) is 3.61. The van der Waals surface area contributed by atoms with E-state index in [2.05, 4.69) is 20.4 Å². The molecule has 0 aliphatic carbocycles. The molecule has 1 amide bonds. The van der Waals surface area contributed by atoms with Gasteiger partial charge < -0.3 is 10.1 Å². The monoisotopic (exact) mass is 353 g/mol. The van der Waals surface area contributed by atoms with E-state index in [1.54, 1.807) is 12.4 Å². The van der Waals surface area contributed by atoms with E-state index in [1.165, 1.54) is 0 Å². The van der Waals surface area contributed by atoms with Crippen LogP contribution >= 0.6 is 0 Å². The molecule has 0 aliphatic rings. The van der Waals surface area contributed by atoms with Crippen molar-refractivity contribution >= 4 is 17.1 Å². The van der Waals surface area contributed by atoms with Crippen LogP contribution in [0.2, 0.25) is 0 Å². The molecule has 0 unspecified atom stereocenters. The molecular formula is C19H23N5O2. The van der Waals surface area contributed by atoms with Gasteiger partial charge in [-0.1, -0.05) is 12.1 Å². The lowest BCUT2D eigenvalue weighted by atomic mass is 10.2. The number of alkyl carbamates (subject to hydrolysis) is 1. The van der Waals surface area contributed by atoms with Crippen LogP contribution in [0.25, 0.3) is 22.3 Å². The lowest BCUT2D eigenvalue weighted by Crippen LogP contribution is -2.33. The van der Waals surface area contributed by atoms with Gasteiger partial charge in [0.25, 0.3) is 0 Å². The molecule has 1 aromatic carbocycles. The standard InChI is InChI=1S/C19H23N5O2/c1-19(2,3)26-18(25)20-9-6-10-24-13-14(11-22-24)17-12-21-15-7-4-5-8-16(15)23-17/h4-5,7-8,11-13H,6,9-10H2,1-3H3,(H,20,25). The summed E-state index contributed by atoms with van der Waals surface area (Å²) in [5, 5.41) is 7.10. The third kappa shape index (κ3) is 4.78. The van der Waals surface area contributed by atoms with Gasteiger partial charge in [-0.2, -0.15) is 5.10 Å². The number of carbonyl (C=O) groups excluding carboxylic acids is 1. The fourth-order valence-corrected chi connectivity index (χ4v) is 2.46. The van der Waals surface area contributed by atoms with E-state index >= 15 is 0 Å². The predicted molar refractivity (Wildman–Crippen MR) is 99.6 cm³/mol. The molecule has 2 aromatic heterocycles. The zero-order valence-corrected chi connectivity index (χ0v) is 15.3. The minimum Gasteiger partial charge on any atom is -0.444 e. The number of rotatable bonds is 5. The smallest absolute Gasteiger partial charge is 0.407 e. The first-order valence-corrected chi connectivity index (χ1v) is 8.62. The van der Waals surface area contributed by atoms with Crippen molar-refractivity contribution in [3.8, 4) is 11.3 Å². The Balaban J connectivity index is 1.54. The summed E-state index contributed by atoms with van der Waals surface area (Å²) in [7, 11) is 0. The van der Waals surface area contributed by atoms with Crippen molar-refractivity contribution in [2.45, 2.75) is 39.3 Å². The van der Waals surface area contributed by atoms with Crippen LogP contribution in [0.5, 0.6) is 0 Å². The van der Waals surface area contributed by atoms with Crippen molar-refractivity contribution in [2.75, 3.05) is 6.54 Å². The van der Waals surface area contributed by atoms with Crippen LogP contribution in [-0.4, -0.2) is 38.0 Å². The van der Waals surface area contributed by atoms with Crippen molar-refractivity contribution < 1.29 is 9.53 Å². The zero-order valence-electron chi connectivity index (χ0n) is 15.3. The summed E-state index contributed by atoms with van der Waals surface area (Å²) in [4.78, 5) is 20.6. The molecule has 2 heterocycles. The Hall–Kier alpha value is -2.96. The Bertz CT molecular complexity index is 898. The molecule has 7 heteroatoms. The number of nitrogens with one attached hydrogen (secondary N) is 1. The minimum atomic E-state index is -0.484. The second kappa shape index (κ2) is 7.51. The second-order valence-corrected chi connectivity index (χ2v) is 7.02. The summed E-state index contributed by atoms with van der Waals surface area (Å²) in [5.41, 5.74) is 2.96. The molecule has 0 saturated heterocycles. The van der Waals surface area contributed by atoms with Crippen LogP contribution in [0.1, 0.15) is 27.2 Å². The molecule has 0 aliphatic heterocycles. The molecule has 0 fully saturated rings. The molecule has 1 N–H and O–H groups in total. The lowest BCUT2D eigenvalue weighted by molar-refractivity contribution is 0.0526. The van der Waals surface area contributed by atoms with E-state index in [1.807, 2.05) is 55.9 Å². The molecule has 0 radical (unpaired) electrons. The van der Waals surface area contributed by atoms with Crippen LogP contribution in [0, 0.1) is 0 Å². The number of hydrogen-bond acceptors (Lipinski definition) is 5. The van der Waals surface area contributed by atoms with Crippen molar-refractivity contribution in [3.05, 3.63) is 42.9 Å². The maximum absolute atomic E-state index is 11.6. The van der Waals surface area contributed by atoms with Crippen LogP contribution in [0.4, 0.5) is 4.79 Å². The van der Waals surface area contributed by atoms with E-state index in [0.717, 1.165) is 28.7 Å². The molecule has 136 valence electrons. The highest BCUT2D eigenvalue weighted by atomic mass is 16.6. The summed E-state index contributed by atoms with van der Waals surface area (Å²) in [6, 6.07) is 7.77. The first-order chi connectivity index (χ1) is 12.4. The topological polar surface area (TPSA) is 81.9 Å². The van der Waals surface area contributed by atoms with Crippen molar-refractivity contribution in [2.24, 2.45) is 0 Å². The van der Waals surface area contributed by atoms with Crippen LogP contribution in [-0.2, 0) is 11.3 Å². The largest absolute Gasteiger partial charge is 0.444 e. The SMILES string of the molecule is CC(C)(C)OC(=O)NCCCn1cc(-c2cnc3ccccc3n2)cn1. The average Bonchev–Trinajstić information content (AvgIpc) is 3.06. The van der Waals surface area contributed by atoms with E-state index in [-0.39, 0.29) is 0 Å².